The van der Waals surface area contributed by atoms with Crippen LogP contribution < -0.4 is 5.73 Å². The van der Waals surface area contributed by atoms with Crippen molar-refractivity contribution < 1.29 is 8.78 Å². The Hall–Kier alpha value is -1.82. The molecule has 1 aromatic carbocycles. The molecule has 0 aliphatic carbocycles. The SMILES string of the molecule is NCc1cn(CC(F)(F)c2ccccc2)nn1. The zero-order valence-corrected chi connectivity index (χ0v) is 9.05. The first-order chi connectivity index (χ1) is 8.12. The monoisotopic (exact) mass is 238 g/mol. The van der Waals surface area contributed by atoms with E-state index in [1.165, 1.54) is 18.3 Å². The van der Waals surface area contributed by atoms with Gasteiger partial charge in [0, 0.05) is 18.3 Å². The highest BCUT2D eigenvalue weighted by molar-refractivity contribution is 5.19. The van der Waals surface area contributed by atoms with Crippen LogP contribution in [0.15, 0.2) is 36.5 Å². The highest BCUT2D eigenvalue weighted by Crippen LogP contribution is 2.29. The largest absolute Gasteiger partial charge is 0.325 e. The fraction of sp³-hybridized carbons (Fsp3) is 0.273. The molecular weight excluding hydrogens is 226 g/mol. The van der Waals surface area contributed by atoms with Crippen LogP contribution in [-0.4, -0.2) is 15.0 Å². The lowest BCUT2D eigenvalue weighted by Gasteiger charge is -2.15. The van der Waals surface area contributed by atoms with Crippen LogP contribution in [-0.2, 0) is 19.0 Å². The van der Waals surface area contributed by atoms with Gasteiger partial charge in [0.2, 0.25) is 0 Å². The Labute approximate surface area is 97.0 Å². The van der Waals surface area contributed by atoms with Gasteiger partial charge >= 0.3 is 0 Å². The highest BCUT2D eigenvalue weighted by atomic mass is 19.3. The molecule has 90 valence electrons. The molecule has 0 aliphatic heterocycles. The van der Waals surface area contributed by atoms with Crippen LogP contribution in [0.3, 0.4) is 0 Å². The zero-order chi connectivity index (χ0) is 12.3. The summed E-state index contributed by atoms with van der Waals surface area (Å²) in [5.41, 5.74) is 5.79. The van der Waals surface area contributed by atoms with Gasteiger partial charge in [-0.25, -0.2) is 4.68 Å². The summed E-state index contributed by atoms with van der Waals surface area (Å²) in [6.45, 7) is -0.346. The molecule has 0 fully saturated rings. The summed E-state index contributed by atoms with van der Waals surface area (Å²) in [6.07, 6.45) is 1.43. The Morgan fingerprint density at radius 2 is 1.94 bits per heavy atom. The molecule has 2 rings (SSSR count). The van der Waals surface area contributed by atoms with E-state index in [0.717, 1.165) is 4.68 Å². The molecule has 4 nitrogen and oxygen atoms in total. The molecule has 0 aliphatic rings. The molecule has 0 spiro atoms. The molecular formula is C11H12F2N4. The van der Waals surface area contributed by atoms with Crippen molar-refractivity contribution in [2.24, 2.45) is 5.73 Å². The van der Waals surface area contributed by atoms with Crippen molar-refractivity contribution in [1.82, 2.24) is 15.0 Å². The van der Waals surface area contributed by atoms with Crippen molar-refractivity contribution in [2.45, 2.75) is 19.0 Å². The first-order valence-corrected chi connectivity index (χ1v) is 5.14. The van der Waals surface area contributed by atoms with Crippen LogP contribution in [0.25, 0.3) is 0 Å². The average Bonchev–Trinajstić information content (AvgIpc) is 2.77. The number of rotatable bonds is 4. The maximum Gasteiger partial charge on any atom is 0.292 e. The van der Waals surface area contributed by atoms with Gasteiger partial charge in [-0.15, -0.1) is 5.10 Å². The Balaban J connectivity index is 2.17. The Morgan fingerprint density at radius 3 is 2.53 bits per heavy atom. The van der Waals surface area contributed by atoms with E-state index in [2.05, 4.69) is 10.3 Å². The van der Waals surface area contributed by atoms with E-state index in [4.69, 9.17) is 5.73 Å². The molecule has 0 radical (unpaired) electrons. The maximum absolute atomic E-state index is 13.8. The molecule has 1 heterocycles. The second kappa shape index (κ2) is 4.58. The second-order valence-corrected chi connectivity index (χ2v) is 3.68. The second-order valence-electron chi connectivity index (χ2n) is 3.68. The van der Waals surface area contributed by atoms with Crippen LogP contribution in [0.5, 0.6) is 0 Å². The Kier molecular flexibility index (Phi) is 3.14. The number of aromatic nitrogens is 3. The predicted molar refractivity (Wildman–Crippen MR) is 58.2 cm³/mol. The topological polar surface area (TPSA) is 56.7 Å². The average molecular weight is 238 g/mol. The normalized spacial score (nSPS) is 11.7. The van der Waals surface area contributed by atoms with Crippen LogP contribution in [0.1, 0.15) is 11.3 Å². The number of hydrogen-bond acceptors (Lipinski definition) is 3. The van der Waals surface area contributed by atoms with E-state index in [1.807, 2.05) is 0 Å². The Bertz CT molecular complexity index is 481. The molecule has 17 heavy (non-hydrogen) atoms. The first-order valence-electron chi connectivity index (χ1n) is 5.14. The molecule has 0 saturated heterocycles. The molecule has 1 aromatic heterocycles. The minimum Gasteiger partial charge on any atom is -0.325 e. The van der Waals surface area contributed by atoms with Crippen molar-refractivity contribution in [3.05, 3.63) is 47.8 Å². The maximum atomic E-state index is 13.8. The fourth-order valence-electron chi connectivity index (χ4n) is 1.49. The van der Waals surface area contributed by atoms with Crippen LogP contribution in [0.4, 0.5) is 8.78 Å². The summed E-state index contributed by atoms with van der Waals surface area (Å²) in [5.74, 6) is -2.97. The van der Waals surface area contributed by atoms with Gasteiger partial charge in [0.15, 0.2) is 0 Å². The summed E-state index contributed by atoms with van der Waals surface area (Å²) >= 11 is 0. The minimum absolute atomic E-state index is 0.0372. The van der Waals surface area contributed by atoms with Gasteiger partial charge < -0.3 is 5.73 Å². The van der Waals surface area contributed by atoms with Gasteiger partial charge in [0.25, 0.3) is 5.92 Å². The van der Waals surface area contributed by atoms with E-state index < -0.39 is 12.5 Å². The molecule has 2 N–H and O–H groups in total. The third-order valence-electron chi connectivity index (χ3n) is 2.35. The number of alkyl halides is 2. The Morgan fingerprint density at radius 1 is 1.24 bits per heavy atom. The summed E-state index contributed by atoms with van der Waals surface area (Å²) in [4.78, 5) is 0. The number of benzene rings is 1. The molecule has 0 unspecified atom stereocenters. The highest BCUT2D eigenvalue weighted by Gasteiger charge is 2.32. The van der Waals surface area contributed by atoms with E-state index in [9.17, 15) is 8.78 Å². The fourth-order valence-corrected chi connectivity index (χ4v) is 1.49. The van der Waals surface area contributed by atoms with Gasteiger partial charge in [0.05, 0.1) is 5.69 Å². The lowest BCUT2D eigenvalue weighted by atomic mass is 10.1. The van der Waals surface area contributed by atoms with Gasteiger partial charge in [-0.2, -0.15) is 8.78 Å². The van der Waals surface area contributed by atoms with Crippen molar-refractivity contribution in [3.8, 4) is 0 Å². The standard InChI is InChI=1S/C11H12F2N4/c12-11(13,9-4-2-1-3-5-9)8-17-7-10(6-14)15-16-17/h1-5,7H,6,8,14H2. The molecule has 6 heteroatoms. The summed E-state index contributed by atoms with van der Waals surface area (Å²) in [5, 5.41) is 7.27. The van der Waals surface area contributed by atoms with Crippen molar-refractivity contribution >= 4 is 0 Å². The molecule has 0 atom stereocenters. The first kappa shape index (κ1) is 11.7. The predicted octanol–water partition coefficient (Wildman–Crippen LogP) is 1.53. The van der Waals surface area contributed by atoms with Crippen LogP contribution in [0, 0.1) is 0 Å². The molecule has 0 saturated carbocycles. The van der Waals surface area contributed by atoms with Crippen LogP contribution >= 0.6 is 0 Å². The van der Waals surface area contributed by atoms with Crippen molar-refractivity contribution in [3.63, 3.8) is 0 Å². The number of nitrogens with zero attached hydrogens (tertiary/aromatic N) is 3. The summed E-state index contributed by atoms with van der Waals surface area (Å²) in [6, 6.07) is 7.63. The molecule has 0 bridgehead atoms. The van der Waals surface area contributed by atoms with Gasteiger partial charge in [-0.1, -0.05) is 35.5 Å². The van der Waals surface area contributed by atoms with Gasteiger partial charge in [-0.05, 0) is 0 Å². The minimum atomic E-state index is -2.97. The summed E-state index contributed by atoms with van der Waals surface area (Å²) < 4.78 is 28.8. The summed E-state index contributed by atoms with van der Waals surface area (Å²) in [7, 11) is 0. The van der Waals surface area contributed by atoms with E-state index in [1.54, 1.807) is 18.2 Å². The van der Waals surface area contributed by atoms with E-state index >= 15 is 0 Å². The molecule has 0 amide bonds. The molecule has 2 aromatic rings. The van der Waals surface area contributed by atoms with Crippen molar-refractivity contribution in [2.75, 3.05) is 0 Å². The third kappa shape index (κ3) is 2.65. The lowest BCUT2D eigenvalue weighted by molar-refractivity contribution is -0.0258. The third-order valence-corrected chi connectivity index (χ3v) is 2.35. The number of hydrogen-bond donors (Lipinski definition) is 1. The lowest BCUT2D eigenvalue weighted by Crippen LogP contribution is -2.21. The van der Waals surface area contributed by atoms with E-state index in [-0.39, 0.29) is 12.1 Å². The zero-order valence-electron chi connectivity index (χ0n) is 9.05. The smallest absolute Gasteiger partial charge is 0.292 e. The van der Waals surface area contributed by atoms with Gasteiger partial charge in [-0.3, -0.25) is 0 Å². The number of nitrogens with two attached hydrogens (primary N) is 1. The van der Waals surface area contributed by atoms with Gasteiger partial charge in [0.1, 0.15) is 6.54 Å². The number of halogens is 2. The van der Waals surface area contributed by atoms with E-state index in [0.29, 0.717) is 5.69 Å². The van der Waals surface area contributed by atoms with Crippen LogP contribution in [0.2, 0.25) is 0 Å². The quantitative estimate of drug-likeness (QED) is 0.878. The van der Waals surface area contributed by atoms with Crippen molar-refractivity contribution in [1.29, 1.82) is 0 Å².